The van der Waals surface area contributed by atoms with Gasteiger partial charge in [0.2, 0.25) is 5.91 Å². The molecule has 1 amide bonds. The molecule has 5 heteroatoms. The number of amides is 1. The molecule has 24 heavy (non-hydrogen) atoms. The number of hydrogen-bond donors (Lipinski definition) is 1. The summed E-state index contributed by atoms with van der Waals surface area (Å²) in [7, 11) is 1.67. The number of anilines is 1. The fourth-order valence-corrected chi connectivity index (χ4v) is 3.35. The zero-order valence-electron chi connectivity index (χ0n) is 14.7. The molecule has 0 unspecified atom stereocenters. The first kappa shape index (κ1) is 17.1. The van der Waals surface area contributed by atoms with Crippen molar-refractivity contribution in [1.29, 1.82) is 0 Å². The second-order valence-electron chi connectivity index (χ2n) is 6.86. The van der Waals surface area contributed by atoms with E-state index in [2.05, 4.69) is 17.1 Å². The van der Waals surface area contributed by atoms with Crippen LogP contribution in [0.15, 0.2) is 24.3 Å². The lowest BCUT2D eigenvalue weighted by Crippen LogP contribution is -2.47. The van der Waals surface area contributed by atoms with Crippen molar-refractivity contribution < 1.29 is 14.3 Å². The highest BCUT2D eigenvalue weighted by molar-refractivity contribution is 5.81. The summed E-state index contributed by atoms with van der Waals surface area (Å²) in [6, 6.07) is 8.62. The quantitative estimate of drug-likeness (QED) is 0.834. The molecule has 1 aromatic rings. The highest BCUT2D eigenvalue weighted by Gasteiger charge is 2.33. The highest BCUT2D eigenvalue weighted by atomic mass is 16.5. The first-order valence-corrected chi connectivity index (χ1v) is 8.95. The average Bonchev–Trinajstić information content (AvgIpc) is 3.45. The molecule has 5 nitrogen and oxygen atoms in total. The minimum atomic E-state index is 0.102. The van der Waals surface area contributed by atoms with Crippen LogP contribution in [-0.4, -0.2) is 44.9 Å². The van der Waals surface area contributed by atoms with Crippen LogP contribution in [-0.2, 0) is 9.53 Å². The molecule has 1 N–H and O–H groups in total. The van der Waals surface area contributed by atoms with Gasteiger partial charge in [0, 0.05) is 31.0 Å². The average molecular weight is 332 g/mol. The maximum Gasteiger partial charge on any atom is 0.239 e. The molecule has 1 atom stereocenters. The predicted molar refractivity (Wildman–Crippen MR) is 94.5 cm³/mol. The van der Waals surface area contributed by atoms with E-state index in [1.54, 1.807) is 7.11 Å². The van der Waals surface area contributed by atoms with Crippen molar-refractivity contribution in [3.05, 3.63) is 24.3 Å². The van der Waals surface area contributed by atoms with Gasteiger partial charge in [0.1, 0.15) is 5.75 Å². The molecule has 0 radical (unpaired) electrons. The number of methoxy groups -OCH3 is 1. The van der Waals surface area contributed by atoms with E-state index >= 15 is 0 Å². The maximum atomic E-state index is 12.5. The van der Waals surface area contributed by atoms with Crippen LogP contribution in [0, 0.1) is 5.92 Å². The summed E-state index contributed by atoms with van der Waals surface area (Å²) < 4.78 is 10.6. The highest BCUT2D eigenvalue weighted by Crippen LogP contribution is 2.37. The van der Waals surface area contributed by atoms with Gasteiger partial charge >= 0.3 is 0 Å². The van der Waals surface area contributed by atoms with Gasteiger partial charge in [0.15, 0.2) is 0 Å². The summed E-state index contributed by atoms with van der Waals surface area (Å²) in [5.41, 5.74) is 1.08. The minimum Gasteiger partial charge on any atom is -0.497 e. The number of carbonyl (C=O) groups excluding carboxylic acids is 1. The Balaban J connectivity index is 1.65. The van der Waals surface area contributed by atoms with Crippen LogP contribution in [0.25, 0.3) is 0 Å². The number of rotatable bonds is 7. The monoisotopic (exact) mass is 332 g/mol. The largest absolute Gasteiger partial charge is 0.497 e. The van der Waals surface area contributed by atoms with E-state index in [4.69, 9.17) is 9.47 Å². The molecule has 2 fully saturated rings. The van der Waals surface area contributed by atoms with E-state index in [9.17, 15) is 4.79 Å². The van der Waals surface area contributed by atoms with Gasteiger partial charge in [-0.15, -0.1) is 0 Å². The third kappa shape index (κ3) is 4.41. The number of carbonyl (C=O) groups is 1. The molecule has 3 rings (SSSR count). The Kier molecular flexibility index (Phi) is 5.61. The lowest BCUT2D eigenvalue weighted by molar-refractivity contribution is -0.121. The third-order valence-corrected chi connectivity index (χ3v) is 5.10. The molecule has 1 heterocycles. The molecule has 0 spiro atoms. The van der Waals surface area contributed by atoms with Crippen molar-refractivity contribution in [2.75, 3.05) is 31.8 Å². The summed E-state index contributed by atoms with van der Waals surface area (Å²) in [5.74, 6) is 1.64. The molecule has 0 bridgehead atoms. The summed E-state index contributed by atoms with van der Waals surface area (Å²) in [5, 5.41) is 3.17. The van der Waals surface area contributed by atoms with Crippen LogP contribution in [0.5, 0.6) is 5.75 Å². The number of ether oxygens (including phenoxy) is 2. The molecule has 1 aliphatic heterocycles. The van der Waals surface area contributed by atoms with E-state index in [1.807, 2.05) is 24.3 Å². The summed E-state index contributed by atoms with van der Waals surface area (Å²) in [4.78, 5) is 14.8. The van der Waals surface area contributed by atoms with Crippen LogP contribution in [0.3, 0.4) is 0 Å². The molecule has 2 aliphatic rings. The topological polar surface area (TPSA) is 50.8 Å². The van der Waals surface area contributed by atoms with E-state index in [1.165, 1.54) is 12.8 Å². The Morgan fingerprint density at radius 2 is 1.92 bits per heavy atom. The van der Waals surface area contributed by atoms with Gasteiger partial charge in [-0.25, -0.2) is 0 Å². The Morgan fingerprint density at radius 3 is 2.50 bits per heavy atom. The Bertz CT molecular complexity index is 536. The van der Waals surface area contributed by atoms with Gasteiger partial charge in [-0.2, -0.15) is 0 Å². The lowest BCUT2D eigenvalue weighted by atomic mass is 10.1. The molecule has 1 saturated carbocycles. The second-order valence-corrected chi connectivity index (χ2v) is 6.86. The van der Waals surface area contributed by atoms with Gasteiger partial charge in [-0.3, -0.25) is 4.79 Å². The van der Waals surface area contributed by atoms with Crippen LogP contribution in [0.1, 0.15) is 32.6 Å². The molecular weight excluding hydrogens is 304 g/mol. The predicted octanol–water partition coefficient (Wildman–Crippen LogP) is 2.60. The number of nitrogens with one attached hydrogen (secondary N) is 1. The molecular formula is C19H28N2O3. The summed E-state index contributed by atoms with van der Waals surface area (Å²) in [6.07, 6.45) is 4.34. The fourth-order valence-electron chi connectivity index (χ4n) is 3.35. The minimum absolute atomic E-state index is 0.102. The van der Waals surface area contributed by atoms with Crippen LogP contribution in [0.4, 0.5) is 5.69 Å². The van der Waals surface area contributed by atoms with Gasteiger partial charge in [-0.05, 0) is 62.8 Å². The van der Waals surface area contributed by atoms with Crippen molar-refractivity contribution in [2.24, 2.45) is 5.92 Å². The summed E-state index contributed by atoms with van der Waals surface area (Å²) in [6.45, 7) is 4.11. The van der Waals surface area contributed by atoms with Crippen molar-refractivity contribution >= 4 is 11.6 Å². The molecule has 0 aromatic heterocycles. The third-order valence-electron chi connectivity index (χ3n) is 5.10. The van der Waals surface area contributed by atoms with E-state index in [0.29, 0.717) is 18.5 Å². The van der Waals surface area contributed by atoms with Gasteiger partial charge in [0.05, 0.1) is 13.7 Å². The fraction of sp³-hybridized carbons (Fsp3) is 0.632. The van der Waals surface area contributed by atoms with E-state index < -0.39 is 0 Å². The molecule has 1 aromatic carbocycles. The molecule has 1 aliphatic carbocycles. The summed E-state index contributed by atoms with van der Waals surface area (Å²) >= 11 is 0. The van der Waals surface area contributed by atoms with E-state index in [-0.39, 0.29) is 11.9 Å². The zero-order chi connectivity index (χ0) is 16.9. The van der Waals surface area contributed by atoms with Gasteiger partial charge < -0.3 is 19.7 Å². The number of hydrogen-bond acceptors (Lipinski definition) is 4. The Morgan fingerprint density at radius 1 is 1.25 bits per heavy atom. The van der Waals surface area contributed by atoms with Crippen LogP contribution >= 0.6 is 0 Å². The first-order chi connectivity index (χ1) is 11.7. The number of nitrogens with zero attached hydrogens (tertiary/aromatic N) is 1. The van der Waals surface area contributed by atoms with Crippen LogP contribution < -0.4 is 15.0 Å². The zero-order valence-corrected chi connectivity index (χ0v) is 14.7. The van der Waals surface area contributed by atoms with Crippen molar-refractivity contribution in [2.45, 2.75) is 44.7 Å². The number of benzene rings is 1. The first-order valence-electron chi connectivity index (χ1n) is 8.95. The molecule has 132 valence electrons. The van der Waals surface area contributed by atoms with Crippen molar-refractivity contribution in [1.82, 2.24) is 5.32 Å². The van der Waals surface area contributed by atoms with Crippen molar-refractivity contribution in [3.63, 3.8) is 0 Å². The van der Waals surface area contributed by atoms with Crippen LogP contribution in [0.2, 0.25) is 0 Å². The van der Waals surface area contributed by atoms with E-state index in [0.717, 1.165) is 37.5 Å². The Hall–Kier alpha value is -1.75. The lowest BCUT2D eigenvalue weighted by Gasteiger charge is -2.32. The molecule has 1 saturated heterocycles. The SMILES string of the molecule is COc1ccc(N(CC(=O)NC2CCOCC2)[C@H](C)C2CC2)cc1. The smallest absolute Gasteiger partial charge is 0.239 e. The standard InChI is InChI=1S/C19H28N2O3/c1-14(15-3-4-15)21(17-5-7-18(23-2)8-6-17)13-19(22)20-16-9-11-24-12-10-16/h5-8,14-16H,3-4,9-13H2,1-2H3,(H,20,22)/t14-/m1/s1. The van der Waals surface area contributed by atoms with Gasteiger partial charge in [0.25, 0.3) is 0 Å². The van der Waals surface area contributed by atoms with Crippen molar-refractivity contribution in [3.8, 4) is 5.75 Å². The van der Waals surface area contributed by atoms with Gasteiger partial charge in [-0.1, -0.05) is 0 Å². The Labute approximate surface area is 144 Å². The maximum absolute atomic E-state index is 12.5. The second kappa shape index (κ2) is 7.88. The normalized spacial score (nSPS) is 19.6.